The molecule has 1 N–H and O–H groups in total. The maximum absolute atomic E-state index is 4.76. The highest BCUT2D eigenvalue weighted by Crippen LogP contribution is 2.28. The van der Waals surface area contributed by atoms with Gasteiger partial charge in [-0.25, -0.2) is 9.97 Å². The van der Waals surface area contributed by atoms with E-state index < -0.39 is 0 Å². The molecule has 124 valence electrons. The quantitative estimate of drug-likeness (QED) is 0.902. The molecule has 0 saturated carbocycles. The van der Waals surface area contributed by atoms with Gasteiger partial charge >= 0.3 is 0 Å². The summed E-state index contributed by atoms with van der Waals surface area (Å²) in [6.07, 6.45) is 6.03. The fourth-order valence-electron chi connectivity index (χ4n) is 3.09. The van der Waals surface area contributed by atoms with Gasteiger partial charge in [0, 0.05) is 24.0 Å². The van der Waals surface area contributed by atoms with Gasteiger partial charge in [0.25, 0.3) is 0 Å². The first-order valence-electron chi connectivity index (χ1n) is 8.33. The lowest BCUT2D eigenvalue weighted by atomic mass is 9.93. The second-order valence-corrected chi connectivity index (χ2v) is 7.58. The van der Waals surface area contributed by atoms with Crippen LogP contribution in [-0.4, -0.2) is 39.5 Å². The highest BCUT2D eigenvalue weighted by molar-refractivity contribution is 7.13. The van der Waals surface area contributed by atoms with Gasteiger partial charge in [0.2, 0.25) is 0 Å². The molecule has 3 rings (SSSR count). The summed E-state index contributed by atoms with van der Waals surface area (Å²) in [5.41, 5.74) is 2.13. The van der Waals surface area contributed by atoms with E-state index in [2.05, 4.69) is 34.0 Å². The molecule has 1 aliphatic rings. The minimum Gasteiger partial charge on any atom is -0.315 e. The van der Waals surface area contributed by atoms with Gasteiger partial charge in [0.05, 0.1) is 17.6 Å². The number of rotatable bonds is 5. The SMILES string of the molecule is Cc1csc(Nc2cncc(C3CCN(CC(C)C)CC3)n2)n1. The van der Waals surface area contributed by atoms with Crippen LogP contribution in [0.1, 0.15) is 44.0 Å². The number of nitrogens with zero attached hydrogens (tertiary/aromatic N) is 4. The molecule has 0 aliphatic carbocycles. The summed E-state index contributed by atoms with van der Waals surface area (Å²) in [5.74, 6) is 2.05. The van der Waals surface area contributed by atoms with Gasteiger partial charge < -0.3 is 10.2 Å². The lowest BCUT2D eigenvalue weighted by Gasteiger charge is -2.32. The predicted molar refractivity (Wildman–Crippen MR) is 95.4 cm³/mol. The number of thiazole rings is 1. The summed E-state index contributed by atoms with van der Waals surface area (Å²) in [6.45, 7) is 10.1. The van der Waals surface area contributed by atoms with Crippen LogP contribution in [0, 0.1) is 12.8 Å². The van der Waals surface area contributed by atoms with Gasteiger partial charge in [-0.1, -0.05) is 13.8 Å². The van der Waals surface area contributed by atoms with E-state index in [0.717, 1.165) is 41.3 Å². The number of aryl methyl sites for hydroxylation is 1. The van der Waals surface area contributed by atoms with Crippen LogP contribution in [0.3, 0.4) is 0 Å². The zero-order valence-corrected chi connectivity index (χ0v) is 14.9. The minimum absolute atomic E-state index is 0.519. The van der Waals surface area contributed by atoms with Crippen molar-refractivity contribution in [2.75, 3.05) is 25.0 Å². The highest BCUT2D eigenvalue weighted by Gasteiger charge is 2.22. The number of hydrogen-bond donors (Lipinski definition) is 1. The Morgan fingerprint density at radius 1 is 1.26 bits per heavy atom. The van der Waals surface area contributed by atoms with Crippen molar-refractivity contribution in [1.82, 2.24) is 19.9 Å². The summed E-state index contributed by atoms with van der Waals surface area (Å²) in [5, 5.41) is 6.17. The molecule has 2 aromatic heterocycles. The lowest BCUT2D eigenvalue weighted by Crippen LogP contribution is -2.35. The van der Waals surface area contributed by atoms with Gasteiger partial charge in [-0.3, -0.25) is 4.98 Å². The van der Waals surface area contributed by atoms with Gasteiger partial charge in [-0.05, 0) is 38.8 Å². The average Bonchev–Trinajstić information content (AvgIpc) is 2.93. The fourth-order valence-corrected chi connectivity index (χ4v) is 3.78. The van der Waals surface area contributed by atoms with E-state index in [-0.39, 0.29) is 0 Å². The molecule has 0 amide bonds. The molecule has 0 radical (unpaired) electrons. The van der Waals surface area contributed by atoms with E-state index in [1.165, 1.54) is 19.4 Å². The number of aromatic nitrogens is 3. The van der Waals surface area contributed by atoms with Gasteiger partial charge in [0.15, 0.2) is 10.9 Å². The van der Waals surface area contributed by atoms with Crippen LogP contribution in [0.15, 0.2) is 17.8 Å². The maximum atomic E-state index is 4.76. The van der Waals surface area contributed by atoms with Crippen molar-refractivity contribution in [1.29, 1.82) is 0 Å². The summed E-state index contributed by atoms with van der Waals surface area (Å²) in [4.78, 5) is 16.1. The first-order valence-corrected chi connectivity index (χ1v) is 9.21. The smallest absolute Gasteiger partial charge is 0.188 e. The third-order valence-electron chi connectivity index (χ3n) is 4.14. The van der Waals surface area contributed by atoms with Crippen LogP contribution >= 0.6 is 11.3 Å². The fraction of sp³-hybridized carbons (Fsp3) is 0.588. The Balaban J connectivity index is 1.62. The third-order valence-corrected chi connectivity index (χ3v) is 5.01. The first-order chi connectivity index (χ1) is 11.1. The van der Waals surface area contributed by atoms with E-state index in [9.17, 15) is 0 Å². The first kappa shape index (κ1) is 16.3. The summed E-state index contributed by atoms with van der Waals surface area (Å²) in [7, 11) is 0. The van der Waals surface area contributed by atoms with Crippen molar-refractivity contribution in [3.63, 3.8) is 0 Å². The molecule has 1 aliphatic heterocycles. The molecule has 0 spiro atoms. The Morgan fingerprint density at radius 3 is 2.70 bits per heavy atom. The molecule has 1 saturated heterocycles. The maximum Gasteiger partial charge on any atom is 0.188 e. The Labute approximate surface area is 142 Å². The Kier molecular flexibility index (Phi) is 5.23. The van der Waals surface area contributed by atoms with Crippen molar-refractivity contribution in [3.8, 4) is 0 Å². The van der Waals surface area contributed by atoms with Crippen molar-refractivity contribution in [2.24, 2.45) is 5.92 Å². The zero-order valence-electron chi connectivity index (χ0n) is 14.1. The van der Waals surface area contributed by atoms with Gasteiger partial charge in [-0.15, -0.1) is 11.3 Å². The van der Waals surface area contributed by atoms with E-state index in [1.54, 1.807) is 17.5 Å². The highest BCUT2D eigenvalue weighted by atomic mass is 32.1. The standard InChI is InChI=1S/C17H25N5S/c1-12(2)10-22-6-4-14(5-7-22)15-8-18-9-16(20-15)21-17-19-13(3)11-23-17/h8-9,11-12,14H,4-7,10H2,1-3H3,(H,19,20,21). The molecule has 5 nitrogen and oxygen atoms in total. The molecular formula is C17H25N5S. The number of piperidine rings is 1. The van der Waals surface area contributed by atoms with Crippen molar-refractivity contribution >= 4 is 22.3 Å². The van der Waals surface area contributed by atoms with Gasteiger partial charge in [0.1, 0.15) is 0 Å². The van der Waals surface area contributed by atoms with E-state index in [4.69, 9.17) is 4.98 Å². The molecule has 3 heterocycles. The average molecular weight is 331 g/mol. The molecule has 0 bridgehead atoms. The van der Waals surface area contributed by atoms with Crippen LogP contribution in [-0.2, 0) is 0 Å². The molecule has 6 heteroatoms. The van der Waals surface area contributed by atoms with Crippen LogP contribution in [0.4, 0.5) is 10.9 Å². The zero-order chi connectivity index (χ0) is 16.2. The van der Waals surface area contributed by atoms with E-state index >= 15 is 0 Å². The molecule has 0 aromatic carbocycles. The lowest BCUT2D eigenvalue weighted by molar-refractivity contribution is 0.191. The van der Waals surface area contributed by atoms with Gasteiger partial charge in [-0.2, -0.15) is 0 Å². The second-order valence-electron chi connectivity index (χ2n) is 6.72. The van der Waals surface area contributed by atoms with Crippen molar-refractivity contribution in [2.45, 2.75) is 39.5 Å². The number of nitrogens with one attached hydrogen (secondary N) is 1. The van der Waals surface area contributed by atoms with Crippen molar-refractivity contribution in [3.05, 3.63) is 29.2 Å². The number of likely N-dealkylation sites (tertiary alicyclic amines) is 1. The summed E-state index contributed by atoms with van der Waals surface area (Å²) >= 11 is 1.60. The third kappa shape index (κ3) is 4.48. The van der Waals surface area contributed by atoms with Crippen molar-refractivity contribution < 1.29 is 0 Å². The van der Waals surface area contributed by atoms with Crippen LogP contribution in [0.5, 0.6) is 0 Å². The number of anilines is 2. The molecule has 1 fully saturated rings. The molecule has 23 heavy (non-hydrogen) atoms. The topological polar surface area (TPSA) is 53.9 Å². The Morgan fingerprint density at radius 2 is 2.04 bits per heavy atom. The van der Waals surface area contributed by atoms with Crippen LogP contribution in [0.25, 0.3) is 0 Å². The van der Waals surface area contributed by atoms with Crippen LogP contribution in [0.2, 0.25) is 0 Å². The Bertz CT molecular complexity index is 631. The van der Waals surface area contributed by atoms with E-state index in [0.29, 0.717) is 5.92 Å². The minimum atomic E-state index is 0.519. The molecular weight excluding hydrogens is 306 g/mol. The van der Waals surface area contributed by atoms with Crippen LogP contribution < -0.4 is 5.32 Å². The second kappa shape index (κ2) is 7.36. The predicted octanol–water partition coefficient (Wildman–Crippen LogP) is 3.82. The van der Waals surface area contributed by atoms with E-state index in [1.807, 2.05) is 18.5 Å². The molecule has 0 unspecified atom stereocenters. The molecule has 2 aromatic rings. The molecule has 0 atom stereocenters. The summed E-state index contributed by atoms with van der Waals surface area (Å²) in [6, 6.07) is 0. The Hall–Kier alpha value is -1.53. The largest absolute Gasteiger partial charge is 0.315 e. The normalized spacial score (nSPS) is 16.9. The monoisotopic (exact) mass is 331 g/mol. The number of hydrogen-bond acceptors (Lipinski definition) is 6. The summed E-state index contributed by atoms with van der Waals surface area (Å²) < 4.78 is 0.